The average Bonchev–Trinajstić information content (AvgIpc) is 3.17. The highest BCUT2D eigenvalue weighted by Crippen LogP contribution is 2.34. The minimum Gasteiger partial charge on any atom is -0.373 e. The smallest absolute Gasteiger partial charge is 0.266 e. The fourth-order valence-electron chi connectivity index (χ4n) is 4.14. The van der Waals surface area contributed by atoms with E-state index in [1.165, 1.54) is 11.3 Å². The molecule has 2 aromatic heterocycles. The third kappa shape index (κ3) is 3.71. The summed E-state index contributed by atoms with van der Waals surface area (Å²) in [4.78, 5) is 43.3. The van der Waals surface area contributed by atoms with E-state index < -0.39 is 0 Å². The van der Waals surface area contributed by atoms with Crippen LogP contribution in [0.1, 0.15) is 64.7 Å². The van der Waals surface area contributed by atoms with Crippen LogP contribution >= 0.6 is 11.3 Å². The van der Waals surface area contributed by atoms with Gasteiger partial charge in [-0.05, 0) is 26.2 Å². The predicted octanol–water partition coefficient (Wildman–Crippen LogP) is 2.56. The summed E-state index contributed by atoms with van der Waals surface area (Å²) < 4.78 is 0. The summed E-state index contributed by atoms with van der Waals surface area (Å²) in [5, 5.41) is 3.17. The molecule has 0 aliphatic carbocycles. The Bertz CT molecular complexity index is 926. The third-order valence-electron chi connectivity index (χ3n) is 5.76. The molecule has 2 aromatic rings. The average molecular weight is 415 g/mol. The number of hydrogen-bond acceptors (Lipinski definition) is 7. The lowest BCUT2D eigenvalue weighted by Crippen LogP contribution is -2.40. The van der Waals surface area contributed by atoms with Crippen molar-refractivity contribution in [2.75, 3.05) is 25.5 Å². The number of nitrogens with one attached hydrogen (secondary N) is 1. The highest BCUT2D eigenvalue weighted by Gasteiger charge is 2.34. The number of carbonyl (C=O) groups excluding carboxylic acids is 2. The minimum absolute atomic E-state index is 0.0183. The second-order valence-corrected chi connectivity index (χ2v) is 8.43. The van der Waals surface area contributed by atoms with E-state index in [4.69, 9.17) is 9.97 Å². The summed E-state index contributed by atoms with van der Waals surface area (Å²) in [5.41, 5.74) is 4.45. The lowest BCUT2D eigenvalue weighted by molar-refractivity contribution is -0.129. The van der Waals surface area contributed by atoms with Crippen LogP contribution in [-0.2, 0) is 17.8 Å². The maximum absolute atomic E-state index is 13.2. The van der Waals surface area contributed by atoms with Crippen LogP contribution in [0.3, 0.4) is 0 Å². The van der Waals surface area contributed by atoms with Gasteiger partial charge in [0.05, 0.1) is 29.5 Å². The molecule has 154 valence electrons. The van der Waals surface area contributed by atoms with Gasteiger partial charge < -0.3 is 15.1 Å². The molecule has 1 atom stereocenters. The Morgan fingerprint density at radius 2 is 2.07 bits per heavy atom. The van der Waals surface area contributed by atoms with Crippen molar-refractivity contribution in [3.63, 3.8) is 0 Å². The van der Waals surface area contributed by atoms with Crippen LogP contribution in [-0.4, -0.2) is 56.7 Å². The Morgan fingerprint density at radius 3 is 2.76 bits per heavy atom. The molecule has 0 aromatic carbocycles. The Hall–Kier alpha value is -2.55. The van der Waals surface area contributed by atoms with Crippen molar-refractivity contribution in [1.29, 1.82) is 0 Å². The molecule has 2 aliphatic heterocycles. The predicted molar refractivity (Wildman–Crippen MR) is 111 cm³/mol. The van der Waals surface area contributed by atoms with E-state index in [2.05, 4.69) is 10.3 Å². The van der Waals surface area contributed by atoms with Gasteiger partial charge in [0.1, 0.15) is 10.7 Å². The molecule has 4 heterocycles. The molecule has 4 rings (SSSR count). The molecule has 8 nitrogen and oxygen atoms in total. The summed E-state index contributed by atoms with van der Waals surface area (Å²) in [7, 11) is 1.84. The normalized spacial score (nSPS) is 19.1. The van der Waals surface area contributed by atoms with E-state index in [9.17, 15) is 9.59 Å². The lowest BCUT2D eigenvalue weighted by atomic mass is 9.99. The van der Waals surface area contributed by atoms with E-state index in [1.807, 2.05) is 23.8 Å². The monoisotopic (exact) mass is 414 g/mol. The molecule has 2 amide bonds. The number of thiazole rings is 1. The van der Waals surface area contributed by atoms with Gasteiger partial charge in [0.2, 0.25) is 5.91 Å². The first-order valence-corrected chi connectivity index (χ1v) is 10.9. The van der Waals surface area contributed by atoms with Gasteiger partial charge in [-0.1, -0.05) is 0 Å². The number of anilines is 1. The number of carbonyl (C=O) groups is 2. The molecule has 0 unspecified atom stereocenters. The Labute approximate surface area is 174 Å². The number of aromatic nitrogens is 3. The number of amides is 2. The number of piperidine rings is 1. The Balaban J connectivity index is 1.68. The highest BCUT2D eigenvalue weighted by atomic mass is 32.1. The van der Waals surface area contributed by atoms with E-state index in [1.54, 1.807) is 12.4 Å². The number of aryl methyl sites for hydroxylation is 1. The van der Waals surface area contributed by atoms with Crippen molar-refractivity contribution in [3.05, 3.63) is 33.2 Å². The lowest BCUT2D eigenvalue weighted by Gasteiger charge is -2.36. The van der Waals surface area contributed by atoms with Crippen molar-refractivity contribution in [1.82, 2.24) is 24.8 Å². The van der Waals surface area contributed by atoms with Crippen molar-refractivity contribution < 1.29 is 9.59 Å². The van der Waals surface area contributed by atoms with Crippen molar-refractivity contribution in [2.24, 2.45) is 0 Å². The second kappa shape index (κ2) is 8.06. The summed E-state index contributed by atoms with van der Waals surface area (Å²) in [6.07, 6.45) is 3.58. The molecule has 9 heteroatoms. The van der Waals surface area contributed by atoms with E-state index >= 15 is 0 Å². The molecule has 0 saturated carbocycles. The number of rotatable bonds is 3. The molecule has 0 spiro atoms. The number of fused-ring (bicyclic) bond motifs is 1. The molecule has 2 aliphatic rings. The van der Waals surface area contributed by atoms with Gasteiger partial charge in [0, 0.05) is 39.0 Å². The summed E-state index contributed by atoms with van der Waals surface area (Å²) in [6.45, 7) is 5.35. The maximum Gasteiger partial charge on any atom is 0.266 e. The first-order valence-electron chi connectivity index (χ1n) is 10.0. The summed E-state index contributed by atoms with van der Waals surface area (Å²) >= 11 is 1.39. The third-order valence-corrected chi connectivity index (χ3v) is 6.68. The molecule has 0 radical (unpaired) electrons. The molecule has 1 saturated heterocycles. The van der Waals surface area contributed by atoms with Gasteiger partial charge in [-0.2, -0.15) is 0 Å². The molecular weight excluding hydrogens is 388 g/mol. The number of nitrogens with zero attached hydrogens (tertiary/aromatic N) is 5. The molecule has 1 N–H and O–H groups in total. The summed E-state index contributed by atoms with van der Waals surface area (Å²) in [5.74, 6) is 1.53. The molecule has 0 bridgehead atoms. The SMILES string of the molecule is CNc1nc([C@@H]2CCCCN2C(=O)c2scnc2C)nc2c1CN(C(C)=O)CC2. The zero-order chi connectivity index (χ0) is 20.5. The quantitative estimate of drug-likeness (QED) is 0.830. The first kappa shape index (κ1) is 19.8. The Morgan fingerprint density at radius 1 is 1.24 bits per heavy atom. The van der Waals surface area contributed by atoms with Crippen molar-refractivity contribution >= 4 is 29.0 Å². The Kier molecular flexibility index (Phi) is 5.49. The largest absolute Gasteiger partial charge is 0.373 e. The fraction of sp³-hybridized carbons (Fsp3) is 0.550. The van der Waals surface area contributed by atoms with Crippen molar-refractivity contribution in [2.45, 2.75) is 52.1 Å². The zero-order valence-corrected chi connectivity index (χ0v) is 17.9. The van der Waals surface area contributed by atoms with Crippen LogP contribution in [0.5, 0.6) is 0 Å². The van der Waals surface area contributed by atoms with Gasteiger partial charge in [0.15, 0.2) is 5.82 Å². The van der Waals surface area contributed by atoms with Gasteiger partial charge in [0.25, 0.3) is 5.91 Å². The second-order valence-electron chi connectivity index (χ2n) is 7.57. The number of likely N-dealkylation sites (tertiary alicyclic amines) is 1. The van der Waals surface area contributed by atoms with Gasteiger partial charge in [-0.25, -0.2) is 15.0 Å². The van der Waals surface area contributed by atoms with Crippen LogP contribution in [0.4, 0.5) is 5.82 Å². The van der Waals surface area contributed by atoms with E-state index in [0.717, 1.165) is 42.0 Å². The van der Waals surface area contributed by atoms with Crippen LogP contribution in [0.25, 0.3) is 0 Å². The topological polar surface area (TPSA) is 91.3 Å². The van der Waals surface area contributed by atoms with Crippen LogP contribution < -0.4 is 5.32 Å². The fourth-order valence-corrected chi connectivity index (χ4v) is 4.90. The standard InChI is InChI=1S/C20H26N6O2S/c1-12-17(29-11-22-12)20(28)26-8-5-4-6-16(26)19-23-15-7-9-25(13(2)27)10-14(15)18(21-3)24-19/h11,16H,4-10H2,1-3H3,(H,21,23,24)/t16-/m0/s1. The van der Waals surface area contributed by atoms with Gasteiger partial charge >= 0.3 is 0 Å². The molecule has 29 heavy (non-hydrogen) atoms. The molecular formula is C20H26N6O2S. The van der Waals surface area contributed by atoms with Gasteiger partial charge in [-0.15, -0.1) is 11.3 Å². The van der Waals surface area contributed by atoms with Crippen LogP contribution in [0, 0.1) is 6.92 Å². The highest BCUT2D eigenvalue weighted by molar-refractivity contribution is 7.11. The van der Waals surface area contributed by atoms with Gasteiger partial charge in [-0.3, -0.25) is 9.59 Å². The number of hydrogen-bond donors (Lipinski definition) is 1. The van der Waals surface area contributed by atoms with E-state index in [0.29, 0.717) is 36.8 Å². The minimum atomic E-state index is -0.138. The molecule has 1 fully saturated rings. The summed E-state index contributed by atoms with van der Waals surface area (Å²) in [6, 6.07) is -0.138. The zero-order valence-electron chi connectivity index (χ0n) is 17.1. The van der Waals surface area contributed by atoms with Crippen molar-refractivity contribution in [3.8, 4) is 0 Å². The first-order chi connectivity index (χ1) is 14.0. The van der Waals surface area contributed by atoms with E-state index in [-0.39, 0.29) is 17.9 Å². The van der Waals surface area contributed by atoms with Crippen LogP contribution in [0.2, 0.25) is 0 Å². The maximum atomic E-state index is 13.2. The van der Waals surface area contributed by atoms with Crippen LogP contribution in [0.15, 0.2) is 5.51 Å².